The average molecular weight is 374 g/mol. The van der Waals surface area contributed by atoms with Gasteiger partial charge in [0.25, 0.3) is 0 Å². The lowest BCUT2D eigenvalue weighted by atomic mass is 9.94. The maximum atomic E-state index is 5.61. The molecule has 0 saturated heterocycles. The minimum absolute atomic E-state index is 0.927. The van der Waals surface area contributed by atoms with Crippen LogP contribution in [-0.4, -0.2) is 7.11 Å². The van der Waals surface area contributed by atoms with Crippen LogP contribution in [0.2, 0.25) is 0 Å². The Labute approximate surface area is 132 Å². The summed E-state index contributed by atoms with van der Waals surface area (Å²) < 4.78 is 6.86. The maximum Gasteiger partial charge on any atom is 0.127 e. The number of hydrogen-bond acceptors (Lipinski definition) is 1. The summed E-state index contributed by atoms with van der Waals surface area (Å²) in [5, 5.41) is 2.47. The number of aryl methyl sites for hydroxylation is 1. The quantitative estimate of drug-likeness (QED) is 0.544. The average Bonchev–Trinajstić information content (AvgIpc) is 2.47. The summed E-state index contributed by atoms with van der Waals surface area (Å²) in [4.78, 5) is 0. The molecule has 0 spiro atoms. The van der Waals surface area contributed by atoms with Crippen LogP contribution in [-0.2, 0) is 0 Å². The zero-order valence-corrected chi connectivity index (χ0v) is 13.6. The van der Waals surface area contributed by atoms with Gasteiger partial charge in [0.05, 0.1) is 7.11 Å². The number of methoxy groups -OCH3 is 1. The van der Waals surface area contributed by atoms with Crippen molar-refractivity contribution in [2.45, 2.75) is 6.92 Å². The summed E-state index contributed by atoms with van der Waals surface area (Å²) in [7, 11) is 1.73. The van der Waals surface area contributed by atoms with Gasteiger partial charge < -0.3 is 4.74 Å². The molecular formula is C18H15IO. The highest BCUT2D eigenvalue weighted by atomic mass is 127. The second-order valence-electron chi connectivity index (χ2n) is 4.80. The molecule has 0 aliphatic carbocycles. The van der Waals surface area contributed by atoms with Gasteiger partial charge in [-0.25, -0.2) is 0 Å². The molecule has 0 heterocycles. The Balaban J connectivity index is 2.45. The first-order valence-corrected chi connectivity index (χ1v) is 7.61. The van der Waals surface area contributed by atoms with Gasteiger partial charge in [-0.3, -0.25) is 0 Å². The molecule has 3 aromatic rings. The molecule has 0 aliphatic heterocycles. The summed E-state index contributed by atoms with van der Waals surface area (Å²) >= 11 is 2.40. The number of ether oxygens (including phenoxy) is 1. The van der Waals surface area contributed by atoms with Crippen LogP contribution in [0.3, 0.4) is 0 Å². The molecule has 0 aromatic heterocycles. The number of hydrogen-bond donors (Lipinski definition) is 0. The van der Waals surface area contributed by atoms with Crippen molar-refractivity contribution in [1.82, 2.24) is 0 Å². The Bertz CT molecular complexity index is 757. The summed E-state index contributed by atoms with van der Waals surface area (Å²) in [6.07, 6.45) is 0. The van der Waals surface area contributed by atoms with Gasteiger partial charge in [-0.1, -0.05) is 42.5 Å². The van der Waals surface area contributed by atoms with Crippen LogP contribution < -0.4 is 4.74 Å². The van der Waals surface area contributed by atoms with E-state index in [4.69, 9.17) is 4.74 Å². The molecule has 0 aliphatic rings. The maximum absolute atomic E-state index is 5.61. The van der Waals surface area contributed by atoms with Gasteiger partial charge in [-0.2, -0.15) is 0 Å². The number of benzene rings is 3. The minimum Gasteiger partial charge on any atom is -0.496 e. The van der Waals surface area contributed by atoms with E-state index in [-0.39, 0.29) is 0 Å². The van der Waals surface area contributed by atoms with Gasteiger partial charge in [0.15, 0.2) is 0 Å². The zero-order chi connectivity index (χ0) is 14.1. The second kappa shape index (κ2) is 5.44. The van der Waals surface area contributed by atoms with Gasteiger partial charge >= 0.3 is 0 Å². The third kappa shape index (κ3) is 2.18. The molecular weight excluding hydrogens is 359 g/mol. The number of fused-ring (bicyclic) bond motifs is 1. The van der Waals surface area contributed by atoms with E-state index in [0.29, 0.717) is 0 Å². The first-order valence-electron chi connectivity index (χ1n) is 6.53. The third-order valence-corrected chi connectivity index (χ3v) is 4.48. The molecule has 0 fully saturated rings. The molecule has 0 unspecified atom stereocenters. The van der Waals surface area contributed by atoms with Gasteiger partial charge in [0.2, 0.25) is 0 Å². The van der Waals surface area contributed by atoms with E-state index >= 15 is 0 Å². The Morgan fingerprint density at radius 1 is 0.850 bits per heavy atom. The monoisotopic (exact) mass is 374 g/mol. The molecule has 100 valence electrons. The zero-order valence-electron chi connectivity index (χ0n) is 11.5. The van der Waals surface area contributed by atoms with Crippen molar-refractivity contribution >= 4 is 33.4 Å². The lowest BCUT2D eigenvalue weighted by Crippen LogP contribution is -1.94. The molecule has 2 heteroatoms. The van der Waals surface area contributed by atoms with Crippen LogP contribution in [0, 0.1) is 10.5 Å². The molecule has 0 atom stereocenters. The minimum atomic E-state index is 0.927. The number of halogens is 1. The summed E-state index contributed by atoms with van der Waals surface area (Å²) in [6.45, 7) is 2.15. The van der Waals surface area contributed by atoms with Gasteiger partial charge in [0, 0.05) is 14.7 Å². The van der Waals surface area contributed by atoms with Crippen LogP contribution in [0.25, 0.3) is 21.9 Å². The molecule has 3 rings (SSSR count). The Morgan fingerprint density at radius 2 is 1.65 bits per heavy atom. The van der Waals surface area contributed by atoms with Crippen molar-refractivity contribution in [3.05, 3.63) is 63.7 Å². The van der Waals surface area contributed by atoms with Crippen LogP contribution in [0.1, 0.15) is 5.56 Å². The predicted molar refractivity (Wildman–Crippen MR) is 93.4 cm³/mol. The third-order valence-electron chi connectivity index (χ3n) is 3.58. The van der Waals surface area contributed by atoms with E-state index in [1.165, 1.54) is 31.0 Å². The fourth-order valence-corrected chi connectivity index (χ4v) is 3.53. The van der Waals surface area contributed by atoms with Crippen molar-refractivity contribution in [1.29, 1.82) is 0 Å². The smallest absolute Gasteiger partial charge is 0.127 e. The highest BCUT2D eigenvalue weighted by molar-refractivity contribution is 14.1. The van der Waals surface area contributed by atoms with Crippen molar-refractivity contribution in [3.8, 4) is 16.9 Å². The SMILES string of the molecule is COc1ccc2ccccc2c1-c1c(C)cccc1I. The van der Waals surface area contributed by atoms with Crippen LogP contribution >= 0.6 is 22.6 Å². The van der Waals surface area contributed by atoms with E-state index in [1.807, 2.05) is 0 Å². The molecule has 0 radical (unpaired) electrons. The molecule has 0 N–H and O–H groups in total. The van der Waals surface area contributed by atoms with Crippen LogP contribution in [0.4, 0.5) is 0 Å². The van der Waals surface area contributed by atoms with Gasteiger partial charge in [-0.05, 0) is 58.0 Å². The van der Waals surface area contributed by atoms with E-state index in [9.17, 15) is 0 Å². The van der Waals surface area contributed by atoms with Crippen molar-refractivity contribution in [2.24, 2.45) is 0 Å². The predicted octanol–water partition coefficient (Wildman–Crippen LogP) is 5.43. The summed E-state index contributed by atoms with van der Waals surface area (Å²) in [5.41, 5.74) is 3.72. The van der Waals surface area contributed by atoms with Crippen LogP contribution in [0.15, 0.2) is 54.6 Å². The Morgan fingerprint density at radius 3 is 2.40 bits per heavy atom. The molecule has 20 heavy (non-hydrogen) atoms. The topological polar surface area (TPSA) is 9.23 Å². The van der Waals surface area contributed by atoms with E-state index in [1.54, 1.807) is 7.11 Å². The fourth-order valence-electron chi connectivity index (χ4n) is 2.63. The van der Waals surface area contributed by atoms with Crippen molar-refractivity contribution in [2.75, 3.05) is 7.11 Å². The van der Waals surface area contributed by atoms with E-state index in [2.05, 4.69) is 84.1 Å². The largest absolute Gasteiger partial charge is 0.496 e. The Kier molecular flexibility index (Phi) is 3.66. The highest BCUT2D eigenvalue weighted by Crippen LogP contribution is 2.40. The molecule has 0 bridgehead atoms. The first kappa shape index (κ1) is 13.4. The van der Waals surface area contributed by atoms with Gasteiger partial charge in [0.1, 0.15) is 5.75 Å². The molecule has 0 amide bonds. The fraction of sp³-hybridized carbons (Fsp3) is 0.111. The summed E-state index contributed by atoms with van der Waals surface area (Å²) in [6, 6.07) is 19.0. The lowest BCUT2D eigenvalue weighted by molar-refractivity contribution is 0.417. The van der Waals surface area contributed by atoms with Crippen molar-refractivity contribution in [3.63, 3.8) is 0 Å². The summed E-state index contributed by atoms with van der Waals surface area (Å²) in [5.74, 6) is 0.927. The first-order chi connectivity index (χ1) is 9.72. The van der Waals surface area contributed by atoms with Crippen LogP contribution in [0.5, 0.6) is 5.75 Å². The lowest BCUT2D eigenvalue weighted by Gasteiger charge is -2.16. The van der Waals surface area contributed by atoms with E-state index in [0.717, 1.165) is 5.75 Å². The highest BCUT2D eigenvalue weighted by Gasteiger charge is 2.15. The Hall–Kier alpha value is -1.55. The van der Waals surface area contributed by atoms with Gasteiger partial charge in [-0.15, -0.1) is 0 Å². The van der Waals surface area contributed by atoms with Crippen molar-refractivity contribution < 1.29 is 4.74 Å². The number of rotatable bonds is 2. The van der Waals surface area contributed by atoms with E-state index < -0.39 is 0 Å². The standard InChI is InChI=1S/C18H15IO/c1-12-6-5-9-15(19)17(12)18-14-8-4-3-7-13(14)10-11-16(18)20-2/h3-11H,1-2H3. The second-order valence-corrected chi connectivity index (χ2v) is 5.96. The molecule has 3 aromatic carbocycles. The molecule has 1 nitrogen and oxygen atoms in total. The normalized spacial score (nSPS) is 10.8. The molecule has 0 saturated carbocycles.